The minimum absolute atomic E-state index is 0.0850. The number of amides is 1. The van der Waals surface area contributed by atoms with Crippen molar-refractivity contribution in [2.24, 2.45) is 5.10 Å². The summed E-state index contributed by atoms with van der Waals surface area (Å²) >= 11 is 5.31. The first kappa shape index (κ1) is 16.6. The van der Waals surface area contributed by atoms with Gasteiger partial charge >= 0.3 is 0 Å². The van der Waals surface area contributed by atoms with E-state index in [1.807, 2.05) is 24.3 Å². The molecule has 1 aromatic carbocycles. The largest absolute Gasteiger partial charge is 0.326 e. The Morgan fingerprint density at radius 2 is 2.04 bits per heavy atom. The highest BCUT2D eigenvalue weighted by Gasteiger charge is 2.21. The van der Waals surface area contributed by atoms with Crippen molar-refractivity contribution in [2.45, 2.75) is 44.9 Å². The summed E-state index contributed by atoms with van der Waals surface area (Å²) in [5, 5.41) is 14.5. The van der Waals surface area contributed by atoms with Crippen LogP contribution in [0.2, 0.25) is 0 Å². The molecule has 0 aliphatic heterocycles. The van der Waals surface area contributed by atoms with Crippen molar-refractivity contribution in [3.63, 3.8) is 0 Å². The molecular formula is C17H21N5OS. The van der Waals surface area contributed by atoms with Crippen LogP contribution in [0.25, 0.3) is 0 Å². The second kappa shape index (κ2) is 7.53. The van der Waals surface area contributed by atoms with E-state index in [1.54, 1.807) is 10.9 Å². The van der Waals surface area contributed by atoms with E-state index in [-0.39, 0.29) is 5.91 Å². The van der Waals surface area contributed by atoms with E-state index in [2.05, 4.69) is 20.6 Å². The topological polar surface area (TPSA) is 75.1 Å². The number of nitrogens with zero attached hydrogens (tertiary/aromatic N) is 3. The van der Waals surface area contributed by atoms with Crippen LogP contribution in [-0.2, 0) is 4.79 Å². The maximum Gasteiger partial charge on any atom is 0.221 e. The zero-order valence-electron chi connectivity index (χ0n) is 13.7. The van der Waals surface area contributed by atoms with Crippen LogP contribution in [0.5, 0.6) is 0 Å². The lowest BCUT2D eigenvalue weighted by Gasteiger charge is -2.19. The van der Waals surface area contributed by atoms with Gasteiger partial charge in [-0.25, -0.2) is 0 Å². The molecule has 1 fully saturated rings. The van der Waals surface area contributed by atoms with E-state index in [1.165, 1.54) is 26.2 Å². The Morgan fingerprint density at radius 1 is 1.33 bits per heavy atom. The van der Waals surface area contributed by atoms with Gasteiger partial charge in [0, 0.05) is 18.5 Å². The van der Waals surface area contributed by atoms with Crippen molar-refractivity contribution >= 4 is 30.0 Å². The molecule has 1 heterocycles. The van der Waals surface area contributed by atoms with Crippen LogP contribution in [0, 0.1) is 4.77 Å². The van der Waals surface area contributed by atoms with E-state index in [9.17, 15) is 4.79 Å². The first-order valence-electron chi connectivity index (χ1n) is 8.23. The molecule has 1 amide bonds. The van der Waals surface area contributed by atoms with Gasteiger partial charge in [-0.1, -0.05) is 31.4 Å². The first-order valence-corrected chi connectivity index (χ1v) is 8.63. The number of rotatable bonds is 4. The van der Waals surface area contributed by atoms with Crippen molar-refractivity contribution in [3.05, 3.63) is 40.4 Å². The molecular weight excluding hydrogens is 322 g/mol. The average Bonchev–Trinajstić information content (AvgIpc) is 2.95. The summed E-state index contributed by atoms with van der Waals surface area (Å²) in [6.45, 7) is 1.49. The van der Waals surface area contributed by atoms with Crippen molar-refractivity contribution < 1.29 is 4.79 Å². The third-order valence-electron chi connectivity index (χ3n) is 4.20. The van der Waals surface area contributed by atoms with Crippen LogP contribution in [0.4, 0.5) is 5.69 Å². The van der Waals surface area contributed by atoms with E-state index >= 15 is 0 Å². The SMILES string of the molecule is CC(=O)Nc1ccc(/C=N\n2c(C3CCCCC3)n[nH]c2=S)cc1. The summed E-state index contributed by atoms with van der Waals surface area (Å²) in [6, 6.07) is 7.50. The minimum Gasteiger partial charge on any atom is -0.326 e. The standard InChI is InChI=1S/C17H21N5OS/c1-12(23)19-15-9-7-13(8-10-15)11-18-22-16(20-21-17(22)24)14-5-3-2-4-6-14/h7-11,14H,2-6H2,1H3,(H,19,23)(H,21,24)/b18-11-. The van der Waals surface area contributed by atoms with Gasteiger partial charge in [0.2, 0.25) is 10.7 Å². The maximum absolute atomic E-state index is 11.0. The summed E-state index contributed by atoms with van der Waals surface area (Å²) in [5.41, 5.74) is 1.70. The number of anilines is 1. The molecule has 0 saturated heterocycles. The number of carbonyl (C=O) groups is 1. The lowest BCUT2D eigenvalue weighted by atomic mass is 9.89. The zero-order chi connectivity index (χ0) is 16.9. The molecule has 2 aromatic rings. The molecule has 0 radical (unpaired) electrons. The molecule has 0 bridgehead atoms. The van der Waals surface area contributed by atoms with Gasteiger partial charge in [0.1, 0.15) is 0 Å². The number of benzene rings is 1. The van der Waals surface area contributed by atoms with E-state index in [4.69, 9.17) is 12.2 Å². The molecule has 126 valence electrons. The molecule has 1 saturated carbocycles. The summed E-state index contributed by atoms with van der Waals surface area (Å²) in [6.07, 6.45) is 7.80. The van der Waals surface area contributed by atoms with Crippen LogP contribution in [0.3, 0.4) is 0 Å². The van der Waals surface area contributed by atoms with Crippen molar-refractivity contribution in [1.29, 1.82) is 0 Å². The van der Waals surface area contributed by atoms with Gasteiger partial charge in [0.05, 0.1) is 6.21 Å². The summed E-state index contributed by atoms with van der Waals surface area (Å²) in [4.78, 5) is 11.0. The number of hydrogen-bond donors (Lipinski definition) is 2. The Hall–Kier alpha value is -2.28. The lowest BCUT2D eigenvalue weighted by Crippen LogP contribution is -2.10. The molecule has 7 heteroatoms. The van der Waals surface area contributed by atoms with Gasteiger partial charge < -0.3 is 5.32 Å². The Bertz CT molecular complexity index is 784. The average molecular weight is 343 g/mol. The second-order valence-corrected chi connectivity index (χ2v) is 6.47. The van der Waals surface area contributed by atoms with Crippen LogP contribution < -0.4 is 5.32 Å². The third kappa shape index (κ3) is 3.97. The molecule has 24 heavy (non-hydrogen) atoms. The first-order chi connectivity index (χ1) is 11.6. The number of H-pyrrole nitrogens is 1. The quantitative estimate of drug-likeness (QED) is 0.654. The smallest absolute Gasteiger partial charge is 0.221 e. The lowest BCUT2D eigenvalue weighted by molar-refractivity contribution is -0.114. The Morgan fingerprint density at radius 3 is 2.71 bits per heavy atom. The molecule has 6 nitrogen and oxygen atoms in total. The van der Waals surface area contributed by atoms with Gasteiger partial charge in [-0.3, -0.25) is 9.89 Å². The fraction of sp³-hybridized carbons (Fsp3) is 0.412. The van der Waals surface area contributed by atoms with Crippen LogP contribution in [-0.4, -0.2) is 27.0 Å². The molecule has 1 aliphatic rings. The Labute approximate surface area is 146 Å². The van der Waals surface area contributed by atoms with Gasteiger partial charge in [-0.2, -0.15) is 14.9 Å². The van der Waals surface area contributed by atoms with Crippen LogP contribution in [0.1, 0.15) is 56.3 Å². The minimum atomic E-state index is -0.0850. The summed E-state index contributed by atoms with van der Waals surface area (Å²) in [7, 11) is 0. The Kier molecular flexibility index (Phi) is 5.20. The normalized spacial score (nSPS) is 15.7. The Balaban J connectivity index is 1.78. The van der Waals surface area contributed by atoms with E-state index in [0.29, 0.717) is 10.7 Å². The fourth-order valence-corrected chi connectivity index (χ4v) is 3.21. The highest BCUT2D eigenvalue weighted by molar-refractivity contribution is 7.71. The molecule has 2 N–H and O–H groups in total. The maximum atomic E-state index is 11.0. The molecule has 0 atom stereocenters. The predicted octanol–water partition coefficient (Wildman–Crippen LogP) is 3.83. The van der Waals surface area contributed by atoms with Gasteiger partial charge in [0.15, 0.2) is 5.82 Å². The van der Waals surface area contributed by atoms with Gasteiger partial charge in [0.25, 0.3) is 0 Å². The molecule has 1 aliphatic carbocycles. The molecule has 0 unspecified atom stereocenters. The van der Waals surface area contributed by atoms with Gasteiger partial charge in [-0.15, -0.1) is 0 Å². The van der Waals surface area contributed by atoms with E-state index in [0.717, 1.165) is 29.9 Å². The number of aromatic nitrogens is 3. The highest BCUT2D eigenvalue weighted by Crippen LogP contribution is 2.31. The highest BCUT2D eigenvalue weighted by atomic mass is 32.1. The summed E-state index contributed by atoms with van der Waals surface area (Å²) < 4.78 is 2.24. The molecule has 0 spiro atoms. The fourth-order valence-electron chi connectivity index (χ4n) is 3.02. The van der Waals surface area contributed by atoms with Crippen molar-refractivity contribution in [2.75, 3.05) is 5.32 Å². The monoisotopic (exact) mass is 343 g/mol. The predicted molar refractivity (Wildman–Crippen MR) is 97.0 cm³/mol. The third-order valence-corrected chi connectivity index (χ3v) is 4.46. The van der Waals surface area contributed by atoms with Crippen LogP contribution >= 0.6 is 12.2 Å². The number of hydrogen-bond acceptors (Lipinski definition) is 4. The summed E-state index contributed by atoms with van der Waals surface area (Å²) in [5.74, 6) is 1.26. The van der Waals surface area contributed by atoms with Gasteiger partial charge in [-0.05, 0) is 42.8 Å². The number of carbonyl (C=O) groups excluding carboxylic acids is 1. The number of aromatic amines is 1. The van der Waals surface area contributed by atoms with Crippen molar-refractivity contribution in [1.82, 2.24) is 14.9 Å². The van der Waals surface area contributed by atoms with Crippen LogP contribution in [0.15, 0.2) is 29.4 Å². The second-order valence-electron chi connectivity index (χ2n) is 6.08. The number of nitrogens with one attached hydrogen (secondary N) is 2. The van der Waals surface area contributed by atoms with E-state index < -0.39 is 0 Å². The molecule has 1 aromatic heterocycles. The molecule has 3 rings (SSSR count). The van der Waals surface area contributed by atoms with Crippen molar-refractivity contribution in [3.8, 4) is 0 Å². The zero-order valence-corrected chi connectivity index (χ0v) is 14.5.